The Labute approximate surface area is 257 Å². The Morgan fingerprint density at radius 1 is 1.09 bits per heavy atom. The van der Waals surface area contributed by atoms with Crippen LogP contribution in [0.15, 0.2) is 55.0 Å². The number of carbonyl (C=O) groups is 1. The van der Waals surface area contributed by atoms with E-state index in [1.165, 1.54) is 4.90 Å². The second-order valence-electron chi connectivity index (χ2n) is 11.8. The Kier molecular flexibility index (Phi) is 8.36. The Morgan fingerprint density at radius 2 is 1.86 bits per heavy atom. The van der Waals surface area contributed by atoms with Gasteiger partial charge in [-0.1, -0.05) is 30.8 Å². The van der Waals surface area contributed by atoms with Gasteiger partial charge in [0.1, 0.15) is 18.2 Å². The number of carbonyl (C=O) groups excluding carboxylic acids is 1. The third-order valence-electron chi connectivity index (χ3n) is 9.28. The molecule has 0 N–H and O–H groups in total. The third-order valence-corrected chi connectivity index (χ3v) is 9.28. The molecule has 2 saturated heterocycles. The number of likely N-dealkylation sites (N-methyl/N-ethyl adjacent to an activating group) is 1. The van der Waals surface area contributed by atoms with Gasteiger partial charge in [0.25, 0.3) is 5.91 Å². The van der Waals surface area contributed by atoms with Gasteiger partial charge in [-0.2, -0.15) is 10.5 Å². The number of rotatable bonds is 7. The highest BCUT2D eigenvalue weighted by molar-refractivity contribution is 6.04. The number of nitriles is 2. The van der Waals surface area contributed by atoms with Crippen molar-refractivity contribution in [2.24, 2.45) is 0 Å². The summed E-state index contributed by atoms with van der Waals surface area (Å²) in [6, 6.07) is 16.8. The first-order valence-electron chi connectivity index (χ1n) is 15.2. The van der Waals surface area contributed by atoms with E-state index in [0.717, 1.165) is 65.6 Å². The fraction of sp³-hybridized carbons (Fsp3) is 0.412. The minimum atomic E-state index is -1.01. The molecule has 0 aliphatic carbocycles. The lowest BCUT2D eigenvalue weighted by Crippen LogP contribution is -2.55. The number of hydrogen-bond donors (Lipinski definition) is 0. The number of fused-ring (bicyclic) bond motifs is 2. The van der Waals surface area contributed by atoms with E-state index < -0.39 is 17.8 Å². The van der Waals surface area contributed by atoms with Crippen molar-refractivity contribution in [3.05, 3.63) is 71.7 Å². The largest absolute Gasteiger partial charge is 0.475 e. The smallest absolute Gasteiger partial charge is 0.282 e. The highest BCUT2D eigenvalue weighted by atomic mass is 19.1. The zero-order valence-corrected chi connectivity index (χ0v) is 25.0. The summed E-state index contributed by atoms with van der Waals surface area (Å²) in [5.41, 5.74) is 4.57. The maximum atomic E-state index is 13.8. The molecule has 0 saturated carbocycles. The predicted molar refractivity (Wildman–Crippen MR) is 167 cm³/mol. The maximum absolute atomic E-state index is 13.8. The molecule has 226 valence electrons. The number of benzene rings is 2. The summed E-state index contributed by atoms with van der Waals surface area (Å²) in [7, 11) is 2.10. The van der Waals surface area contributed by atoms with Gasteiger partial charge in [-0.25, -0.2) is 9.37 Å². The molecule has 9 nitrogen and oxygen atoms in total. The fourth-order valence-corrected chi connectivity index (χ4v) is 6.89. The quantitative estimate of drug-likeness (QED) is 0.368. The number of anilines is 2. The van der Waals surface area contributed by atoms with E-state index in [9.17, 15) is 19.7 Å². The van der Waals surface area contributed by atoms with Gasteiger partial charge in [-0.3, -0.25) is 4.79 Å². The average molecular weight is 594 g/mol. The molecule has 44 heavy (non-hydrogen) atoms. The van der Waals surface area contributed by atoms with Crippen molar-refractivity contribution in [2.45, 2.75) is 44.3 Å². The van der Waals surface area contributed by atoms with Crippen LogP contribution in [0.25, 0.3) is 10.8 Å². The number of ether oxygens (including phenoxy) is 1. The van der Waals surface area contributed by atoms with Crippen LogP contribution in [0.1, 0.15) is 36.0 Å². The van der Waals surface area contributed by atoms with E-state index >= 15 is 0 Å². The normalized spacial score (nSPS) is 20.2. The van der Waals surface area contributed by atoms with Gasteiger partial charge >= 0.3 is 0 Å². The van der Waals surface area contributed by atoms with Crippen molar-refractivity contribution in [2.75, 3.05) is 56.2 Å². The number of amides is 1. The second-order valence-corrected chi connectivity index (χ2v) is 11.8. The molecule has 0 bridgehead atoms. The topological polar surface area (TPSA) is 99.7 Å². The van der Waals surface area contributed by atoms with E-state index in [0.29, 0.717) is 50.3 Å². The Bertz CT molecular complexity index is 1670. The van der Waals surface area contributed by atoms with Gasteiger partial charge in [0.05, 0.1) is 18.5 Å². The summed E-state index contributed by atoms with van der Waals surface area (Å²) in [5.74, 6) is -1.36. The molecule has 10 heteroatoms. The molecule has 4 heterocycles. The van der Waals surface area contributed by atoms with Crippen LogP contribution in [0.5, 0.6) is 5.88 Å². The van der Waals surface area contributed by atoms with Gasteiger partial charge in [0.15, 0.2) is 5.83 Å². The van der Waals surface area contributed by atoms with E-state index in [4.69, 9.17) is 4.74 Å². The number of aromatic nitrogens is 1. The van der Waals surface area contributed by atoms with Crippen molar-refractivity contribution in [1.82, 2.24) is 14.8 Å². The van der Waals surface area contributed by atoms with E-state index in [1.807, 2.05) is 18.3 Å². The van der Waals surface area contributed by atoms with Crippen LogP contribution >= 0.6 is 0 Å². The molecule has 3 aliphatic rings. The van der Waals surface area contributed by atoms with Crippen molar-refractivity contribution < 1.29 is 13.9 Å². The summed E-state index contributed by atoms with van der Waals surface area (Å²) >= 11 is 0. The van der Waals surface area contributed by atoms with Crippen molar-refractivity contribution in [3.8, 4) is 18.0 Å². The number of halogens is 1. The van der Waals surface area contributed by atoms with Crippen LogP contribution in [0.3, 0.4) is 0 Å². The monoisotopic (exact) mass is 593 g/mol. The number of pyridine rings is 1. The van der Waals surface area contributed by atoms with E-state index in [-0.39, 0.29) is 6.42 Å². The summed E-state index contributed by atoms with van der Waals surface area (Å²) in [4.78, 5) is 25.3. The predicted octanol–water partition coefficient (Wildman–Crippen LogP) is 4.56. The maximum Gasteiger partial charge on any atom is 0.282 e. The minimum absolute atomic E-state index is 0.0997. The molecule has 2 fully saturated rings. The van der Waals surface area contributed by atoms with Crippen LogP contribution in [0.4, 0.5) is 15.8 Å². The van der Waals surface area contributed by atoms with Crippen LogP contribution in [-0.4, -0.2) is 79.2 Å². The lowest BCUT2D eigenvalue weighted by molar-refractivity contribution is -0.131. The molecule has 1 aromatic heterocycles. The first kappa shape index (κ1) is 29.4. The molecule has 0 spiro atoms. The minimum Gasteiger partial charge on any atom is -0.475 e. The van der Waals surface area contributed by atoms with Gasteiger partial charge in [0, 0.05) is 61.7 Å². The van der Waals surface area contributed by atoms with E-state index in [2.05, 4.69) is 69.7 Å². The fourth-order valence-electron chi connectivity index (χ4n) is 6.89. The van der Waals surface area contributed by atoms with Crippen LogP contribution in [0.2, 0.25) is 0 Å². The lowest BCUT2D eigenvalue weighted by atomic mass is 9.96. The molecule has 2 atom stereocenters. The highest BCUT2D eigenvalue weighted by Crippen LogP contribution is 2.39. The first-order valence-corrected chi connectivity index (χ1v) is 15.2. The number of hydrogen-bond acceptors (Lipinski definition) is 8. The van der Waals surface area contributed by atoms with Crippen LogP contribution in [-0.2, 0) is 17.8 Å². The zero-order chi connectivity index (χ0) is 30.8. The molecule has 3 aliphatic heterocycles. The molecular weight excluding hydrogens is 557 g/mol. The zero-order valence-electron chi connectivity index (χ0n) is 25.0. The molecule has 3 aromatic rings. The highest BCUT2D eigenvalue weighted by Gasteiger charge is 2.33. The second kappa shape index (κ2) is 12.5. The molecular formula is C34H36FN7O2. The van der Waals surface area contributed by atoms with Gasteiger partial charge in [-0.05, 0) is 61.5 Å². The van der Waals surface area contributed by atoms with Gasteiger partial charge in [0.2, 0.25) is 5.88 Å². The van der Waals surface area contributed by atoms with Crippen molar-refractivity contribution in [1.29, 1.82) is 10.5 Å². The van der Waals surface area contributed by atoms with Crippen molar-refractivity contribution >= 4 is 28.1 Å². The van der Waals surface area contributed by atoms with Crippen molar-refractivity contribution in [3.63, 3.8) is 0 Å². The Morgan fingerprint density at radius 3 is 2.55 bits per heavy atom. The third kappa shape index (κ3) is 5.54. The Hall–Kier alpha value is -4.67. The molecule has 1 unspecified atom stereocenters. The van der Waals surface area contributed by atoms with Crippen LogP contribution < -0.4 is 14.5 Å². The SMILES string of the molecule is C=C(F)C(=O)N1CCN(c2cccc3cccc(N4CCc5cnc(OC[C@@H]6CCCN6C)c(C#N)c5C4)c23)CC1CC#N. The number of likely N-dealkylation sites (tertiary alicyclic amines) is 1. The van der Waals surface area contributed by atoms with E-state index in [1.54, 1.807) is 0 Å². The van der Waals surface area contributed by atoms with Crippen LogP contribution in [0, 0.1) is 22.7 Å². The molecule has 2 aromatic carbocycles. The molecule has 6 rings (SSSR count). The summed E-state index contributed by atoms with van der Waals surface area (Å²) in [5, 5.41) is 21.8. The lowest BCUT2D eigenvalue weighted by Gasteiger charge is -2.42. The van der Waals surface area contributed by atoms with Gasteiger partial charge in [-0.15, -0.1) is 0 Å². The first-order chi connectivity index (χ1) is 21.4. The summed E-state index contributed by atoms with van der Waals surface area (Å²) in [6.07, 6.45) is 4.93. The van der Waals surface area contributed by atoms with Gasteiger partial charge < -0.3 is 24.3 Å². The standard InChI is InChI=1S/C34H36FN7O2/c1-23(35)34(43)42-17-16-41(20-26(42)11-13-36)31-10-4-7-24-6-3-9-30(32(24)31)40-15-12-25-19-38-33(28(18-37)29(25)21-40)44-22-27-8-5-14-39(27)2/h3-4,6-7,9-10,19,26-27H,1,5,8,11-12,14-17,20-22H2,2H3/t26?,27-/m0/s1. The number of piperazine rings is 1. The molecule has 1 amide bonds. The summed E-state index contributed by atoms with van der Waals surface area (Å²) in [6.45, 7) is 7.25. The Balaban J connectivity index is 1.31. The average Bonchev–Trinajstić information content (AvgIpc) is 3.46. The number of nitrogens with zero attached hydrogens (tertiary/aromatic N) is 7. The molecule has 0 radical (unpaired) electrons. The summed E-state index contributed by atoms with van der Waals surface area (Å²) < 4.78 is 19.9.